The standard InChI is InChI=1S/C15H18BrFN2O4S/c16-12-10-11(17)3-4-14(12)24(21,22)19-7-5-18(6-8-19)15(20)13-2-1-9-23-13/h3-4,10,13H,1-2,5-9H2. The van der Waals surface area contributed by atoms with E-state index in [0.29, 0.717) is 19.7 Å². The van der Waals surface area contributed by atoms with Crippen molar-refractivity contribution in [2.24, 2.45) is 0 Å². The van der Waals surface area contributed by atoms with Gasteiger partial charge in [-0.15, -0.1) is 0 Å². The van der Waals surface area contributed by atoms with Gasteiger partial charge in [0.25, 0.3) is 5.91 Å². The Morgan fingerprint density at radius 1 is 1.25 bits per heavy atom. The number of carbonyl (C=O) groups is 1. The van der Waals surface area contributed by atoms with Crippen LogP contribution in [0.3, 0.4) is 0 Å². The fraction of sp³-hybridized carbons (Fsp3) is 0.533. The molecule has 2 aliphatic rings. The van der Waals surface area contributed by atoms with Crippen LogP contribution < -0.4 is 0 Å². The summed E-state index contributed by atoms with van der Waals surface area (Å²) in [6.45, 7) is 1.69. The number of benzene rings is 1. The van der Waals surface area contributed by atoms with Gasteiger partial charge in [-0.1, -0.05) is 0 Å². The smallest absolute Gasteiger partial charge is 0.251 e. The average Bonchev–Trinajstić information content (AvgIpc) is 3.08. The molecule has 0 spiro atoms. The van der Waals surface area contributed by atoms with Crippen molar-refractivity contribution in [3.63, 3.8) is 0 Å². The fourth-order valence-corrected chi connectivity index (χ4v) is 5.38. The van der Waals surface area contributed by atoms with Crippen LogP contribution in [0.4, 0.5) is 4.39 Å². The fourth-order valence-electron chi connectivity index (χ4n) is 2.95. The number of hydrogen-bond donors (Lipinski definition) is 0. The van der Waals surface area contributed by atoms with Crippen molar-refractivity contribution in [1.82, 2.24) is 9.21 Å². The second-order valence-electron chi connectivity index (χ2n) is 5.81. The molecule has 0 N–H and O–H groups in total. The van der Waals surface area contributed by atoms with E-state index >= 15 is 0 Å². The highest BCUT2D eigenvalue weighted by molar-refractivity contribution is 9.10. The summed E-state index contributed by atoms with van der Waals surface area (Å²) in [4.78, 5) is 14.0. The maximum absolute atomic E-state index is 13.2. The molecule has 0 saturated carbocycles. The van der Waals surface area contributed by atoms with Crippen molar-refractivity contribution >= 4 is 31.9 Å². The van der Waals surface area contributed by atoms with Crippen LogP contribution in [0.1, 0.15) is 12.8 Å². The average molecular weight is 421 g/mol. The number of sulfonamides is 1. The molecule has 0 radical (unpaired) electrons. The van der Waals surface area contributed by atoms with Gasteiger partial charge in [0.1, 0.15) is 11.9 Å². The van der Waals surface area contributed by atoms with Crippen molar-refractivity contribution in [3.05, 3.63) is 28.5 Å². The highest BCUT2D eigenvalue weighted by Crippen LogP contribution is 2.27. The van der Waals surface area contributed by atoms with E-state index in [0.717, 1.165) is 25.0 Å². The molecule has 0 aromatic heterocycles. The molecule has 3 rings (SSSR count). The highest BCUT2D eigenvalue weighted by atomic mass is 79.9. The lowest BCUT2D eigenvalue weighted by molar-refractivity contribution is -0.142. The van der Waals surface area contributed by atoms with Crippen molar-refractivity contribution in [1.29, 1.82) is 0 Å². The molecular formula is C15H18BrFN2O4S. The highest BCUT2D eigenvalue weighted by Gasteiger charge is 2.34. The number of hydrogen-bond acceptors (Lipinski definition) is 4. The normalized spacial score (nSPS) is 22.8. The molecule has 132 valence electrons. The molecule has 24 heavy (non-hydrogen) atoms. The molecule has 2 saturated heterocycles. The van der Waals surface area contributed by atoms with E-state index in [1.54, 1.807) is 4.90 Å². The second kappa shape index (κ2) is 7.07. The molecule has 1 amide bonds. The van der Waals surface area contributed by atoms with Crippen LogP contribution in [0, 0.1) is 5.82 Å². The van der Waals surface area contributed by atoms with E-state index in [1.807, 2.05) is 0 Å². The van der Waals surface area contributed by atoms with Gasteiger partial charge in [0, 0.05) is 37.3 Å². The van der Waals surface area contributed by atoms with Gasteiger partial charge in [-0.05, 0) is 47.0 Å². The number of halogens is 2. The summed E-state index contributed by atoms with van der Waals surface area (Å²) < 4.78 is 45.5. The summed E-state index contributed by atoms with van der Waals surface area (Å²) in [6.07, 6.45) is 1.21. The molecular weight excluding hydrogens is 403 g/mol. The van der Waals surface area contributed by atoms with Gasteiger partial charge in [-0.3, -0.25) is 4.79 Å². The van der Waals surface area contributed by atoms with E-state index in [2.05, 4.69) is 15.9 Å². The van der Waals surface area contributed by atoms with Crippen LogP contribution in [0.25, 0.3) is 0 Å². The van der Waals surface area contributed by atoms with Gasteiger partial charge in [0.15, 0.2) is 0 Å². The number of amides is 1. The van der Waals surface area contributed by atoms with Gasteiger partial charge < -0.3 is 9.64 Å². The number of nitrogens with zero attached hydrogens (tertiary/aromatic N) is 2. The number of piperazine rings is 1. The third-order valence-corrected chi connectivity index (χ3v) is 7.14. The third-order valence-electron chi connectivity index (χ3n) is 4.27. The molecule has 1 unspecified atom stereocenters. The predicted molar refractivity (Wildman–Crippen MR) is 88.4 cm³/mol. The zero-order valence-electron chi connectivity index (χ0n) is 13.0. The summed E-state index contributed by atoms with van der Waals surface area (Å²) >= 11 is 3.10. The van der Waals surface area contributed by atoms with E-state index in [-0.39, 0.29) is 34.5 Å². The van der Waals surface area contributed by atoms with E-state index in [4.69, 9.17) is 4.74 Å². The Kier molecular flexibility index (Phi) is 5.24. The maximum Gasteiger partial charge on any atom is 0.251 e. The Hall–Kier alpha value is -1.03. The molecule has 1 aromatic carbocycles. The summed E-state index contributed by atoms with van der Waals surface area (Å²) in [5.74, 6) is -0.569. The van der Waals surface area contributed by atoms with Gasteiger partial charge >= 0.3 is 0 Å². The van der Waals surface area contributed by atoms with E-state index in [1.165, 1.54) is 10.4 Å². The molecule has 0 bridgehead atoms. The van der Waals surface area contributed by atoms with Crippen LogP contribution in [0.2, 0.25) is 0 Å². The summed E-state index contributed by atoms with van der Waals surface area (Å²) in [5, 5.41) is 0. The van der Waals surface area contributed by atoms with Gasteiger partial charge in [-0.2, -0.15) is 4.31 Å². The van der Waals surface area contributed by atoms with Crippen molar-refractivity contribution in [2.75, 3.05) is 32.8 Å². The van der Waals surface area contributed by atoms with Gasteiger partial charge in [0.2, 0.25) is 10.0 Å². The first-order chi connectivity index (χ1) is 11.4. The SMILES string of the molecule is O=C(C1CCCO1)N1CCN(S(=O)(=O)c2ccc(F)cc2Br)CC1. The summed E-state index contributed by atoms with van der Waals surface area (Å²) in [6, 6.07) is 3.50. The number of ether oxygens (including phenoxy) is 1. The second-order valence-corrected chi connectivity index (χ2v) is 8.57. The first kappa shape index (κ1) is 17.8. The Morgan fingerprint density at radius 2 is 1.96 bits per heavy atom. The van der Waals surface area contributed by atoms with Crippen molar-refractivity contribution < 1.29 is 22.3 Å². The van der Waals surface area contributed by atoms with Crippen LogP contribution in [-0.4, -0.2) is 62.4 Å². The lowest BCUT2D eigenvalue weighted by atomic mass is 10.2. The van der Waals surface area contributed by atoms with Crippen molar-refractivity contribution in [2.45, 2.75) is 23.8 Å². The minimum atomic E-state index is -3.73. The predicted octanol–water partition coefficient (Wildman–Crippen LogP) is 1.60. The molecule has 1 atom stereocenters. The molecule has 2 heterocycles. The summed E-state index contributed by atoms with van der Waals surface area (Å²) in [5.41, 5.74) is 0. The Morgan fingerprint density at radius 3 is 2.54 bits per heavy atom. The van der Waals surface area contributed by atoms with Crippen LogP contribution in [-0.2, 0) is 19.6 Å². The first-order valence-corrected chi connectivity index (χ1v) is 9.98. The molecule has 2 aliphatic heterocycles. The largest absolute Gasteiger partial charge is 0.368 e. The Labute approximate surface area is 148 Å². The molecule has 1 aromatic rings. The number of rotatable bonds is 3. The molecule has 0 aliphatic carbocycles. The van der Waals surface area contributed by atoms with Gasteiger partial charge in [0.05, 0.1) is 4.90 Å². The van der Waals surface area contributed by atoms with Gasteiger partial charge in [-0.25, -0.2) is 12.8 Å². The molecule has 2 fully saturated rings. The zero-order chi connectivity index (χ0) is 17.3. The van der Waals surface area contributed by atoms with Crippen LogP contribution >= 0.6 is 15.9 Å². The summed E-state index contributed by atoms with van der Waals surface area (Å²) in [7, 11) is -3.73. The number of carbonyl (C=O) groups excluding carboxylic acids is 1. The Balaban J connectivity index is 1.68. The lowest BCUT2D eigenvalue weighted by Crippen LogP contribution is -2.52. The zero-order valence-corrected chi connectivity index (χ0v) is 15.4. The minimum absolute atomic E-state index is 0.0304. The lowest BCUT2D eigenvalue weighted by Gasteiger charge is -2.35. The Bertz CT molecular complexity index is 729. The first-order valence-electron chi connectivity index (χ1n) is 7.75. The third kappa shape index (κ3) is 3.49. The van der Waals surface area contributed by atoms with E-state index < -0.39 is 15.8 Å². The molecule has 6 nitrogen and oxygen atoms in total. The topological polar surface area (TPSA) is 66.9 Å². The maximum atomic E-state index is 13.2. The van der Waals surface area contributed by atoms with Crippen LogP contribution in [0.15, 0.2) is 27.6 Å². The minimum Gasteiger partial charge on any atom is -0.368 e. The monoisotopic (exact) mass is 420 g/mol. The van der Waals surface area contributed by atoms with Crippen LogP contribution in [0.5, 0.6) is 0 Å². The molecule has 9 heteroatoms. The van der Waals surface area contributed by atoms with Crippen molar-refractivity contribution in [3.8, 4) is 0 Å². The van der Waals surface area contributed by atoms with E-state index in [9.17, 15) is 17.6 Å². The quantitative estimate of drug-likeness (QED) is 0.744.